The standard InChI is InChI=1S/C22H24N2O3S2/c1-4-27-20-9-5-16(6-10-20)22-24-18(14-29-22)13-28-15(2)21(25)23-17-7-11-19(26-3)12-8-17/h5-12,14-15H,4,13H2,1-3H3,(H,23,25). The van der Waals surface area contributed by atoms with E-state index < -0.39 is 0 Å². The zero-order valence-electron chi connectivity index (χ0n) is 16.7. The first-order chi connectivity index (χ1) is 14.1. The molecule has 7 heteroatoms. The van der Waals surface area contributed by atoms with Crippen LogP contribution in [0.3, 0.4) is 0 Å². The van der Waals surface area contributed by atoms with Crippen LogP contribution in [0, 0.1) is 0 Å². The summed E-state index contributed by atoms with van der Waals surface area (Å²) in [5, 5.41) is 5.76. The van der Waals surface area contributed by atoms with Gasteiger partial charge < -0.3 is 14.8 Å². The predicted octanol–water partition coefficient (Wildman–Crippen LogP) is 5.48. The summed E-state index contributed by atoms with van der Waals surface area (Å²) in [5.41, 5.74) is 2.81. The van der Waals surface area contributed by atoms with Crippen LogP contribution in [0.2, 0.25) is 0 Å². The highest BCUT2D eigenvalue weighted by Crippen LogP contribution is 2.28. The Labute approximate surface area is 179 Å². The predicted molar refractivity (Wildman–Crippen MR) is 121 cm³/mol. The fourth-order valence-corrected chi connectivity index (χ4v) is 4.28. The van der Waals surface area contributed by atoms with Crippen LogP contribution in [-0.2, 0) is 10.5 Å². The Morgan fingerprint density at radius 3 is 2.48 bits per heavy atom. The van der Waals surface area contributed by atoms with Gasteiger partial charge in [-0.1, -0.05) is 0 Å². The molecule has 1 aromatic heterocycles. The smallest absolute Gasteiger partial charge is 0.237 e. The SMILES string of the molecule is CCOc1ccc(-c2nc(CSC(C)C(=O)Nc3ccc(OC)cc3)cs2)cc1. The van der Waals surface area contributed by atoms with E-state index >= 15 is 0 Å². The van der Waals surface area contributed by atoms with E-state index in [1.807, 2.05) is 67.8 Å². The highest BCUT2D eigenvalue weighted by atomic mass is 32.2. The number of benzene rings is 2. The first kappa shape index (κ1) is 21.2. The van der Waals surface area contributed by atoms with Crippen LogP contribution < -0.4 is 14.8 Å². The van der Waals surface area contributed by atoms with E-state index in [0.29, 0.717) is 12.4 Å². The third-order valence-corrected chi connectivity index (χ3v) is 6.29. The second-order valence-electron chi connectivity index (χ2n) is 6.27. The van der Waals surface area contributed by atoms with Gasteiger partial charge in [-0.05, 0) is 62.4 Å². The number of amides is 1. The maximum Gasteiger partial charge on any atom is 0.237 e. The quantitative estimate of drug-likeness (QED) is 0.489. The maximum absolute atomic E-state index is 12.4. The van der Waals surface area contributed by atoms with Crippen LogP contribution in [0.1, 0.15) is 19.5 Å². The molecule has 1 N–H and O–H groups in total. The van der Waals surface area contributed by atoms with Crippen molar-refractivity contribution in [1.82, 2.24) is 4.98 Å². The number of carbonyl (C=O) groups is 1. The number of anilines is 1. The molecule has 3 aromatic rings. The molecule has 0 saturated heterocycles. The molecule has 0 radical (unpaired) electrons. The molecular formula is C22H24N2O3S2. The molecule has 29 heavy (non-hydrogen) atoms. The van der Waals surface area contributed by atoms with Gasteiger partial charge in [0.2, 0.25) is 5.91 Å². The first-order valence-electron chi connectivity index (χ1n) is 9.33. The summed E-state index contributed by atoms with van der Waals surface area (Å²) in [6.45, 7) is 4.53. The van der Waals surface area contributed by atoms with E-state index in [2.05, 4.69) is 5.32 Å². The lowest BCUT2D eigenvalue weighted by Gasteiger charge is -2.11. The molecule has 1 heterocycles. The second kappa shape index (κ2) is 10.3. The van der Waals surface area contributed by atoms with Crippen LogP contribution >= 0.6 is 23.1 Å². The molecule has 0 fully saturated rings. The largest absolute Gasteiger partial charge is 0.497 e. The van der Waals surface area contributed by atoms with Gasteiger partial charge in [-0.3, -0.25) is 4.79 Å². The van der Waals surface area contributed by atoms with Gasteiger partial charge in [-0.15, -0.1) is 23.1 Å². The Bertz CT molecular complexity index is 924. The van der Waals surface area contributed by atoms with Crippen molar-refractivity contribution in [2.45, 2.75) is 24.9 Å². The molecule has 1 atom stereocenters. The van der Waals surface area contributed by atoms with Gasteiger partial charge in [0.15, 0.2) is 0 Å². The average molecular weight is 429 g/mol. The van der Waals surface area contributed by atoms with E-state index in [4.69, 9.17) is 14.5 Å². The number of nitrogens with zero attached hydrogens (tertiary/aromatic N) is 1. The number of nitrogens with one attached hydrogen (secondary N) is 1. The topological polar surface area (TPSA) is 60.5 Å². The number of rotatable bonds is 9. The number of hydrogen-bond donors (Lipinski definition) is 1. The molecule has 3 rings (SSSR count). The van der Waals surface area contributed by atoms with E-state index in [1.165, 1.54) is 0 Å². The van der Waals surface area contributed by atoms with Crippen LogP contribution in [0.15, 0.2) is 53.9 Å². The monoisotopic (exact) mass is 428 g/mol. The molecule has 0 aliphatic carbocycles. The highest BCUT2D eigenvalue weighted by molar-refractivity contribution is 7.99. The summed E-state index contributed by atoms with van der Waals surface area (Å²) >= 11 is 3.18. The van der Waals surface area contributed by atoms with Crippen molar-refractivity contribution in [2.24, 2.45) is 0 Å². The van der Waals surface area contributed by atoms with Gasteiger partial charge in [0.05, 0.1) is 24.7 Å². The van der Waals surface area contributed by atoms with E-state index in [1.54, 1.807) is 30.2 Å². The van der Waals surface area contributed by atoms with Crippen molar-refractivity contribution in [3.8, 4) is 22.1 Å². The normalized spacial score (nSPS) is 11.7. The maximum atomic E-state index is 12.4. The summed E-state index contributed by atoms with van der Waals surface area (Å²) in [7, 11) is 1.62. The van der Waals surface area contributed by atoms with Gasteiger partial charge in [0.25, 0.3) is 0 Å². The van der Waals surface area contributed by atoms with Crippen LogP contribution in [0.5, 0.6) is 11.5 Å². The van der Waals surface area contributed by atoms with E-state index in [-0.39, 0.29) is 11.2 Å². The Kier molecular flexibility index (Phi) is 7.55. The number of hydrogen-bond acceptors (Lipinski definition) is 6. The number of methoxy groups -OCH3 is 1. The summed E-state index contributed by atoms with van der Waals surface area (Å²) in [4.78, 5) is 17.1. The molecule has 0 bridgehead atoms. The highest BCUT2D eigenvalue weighted by Gasteiger charge is 2.15. The molecule has 5 nitrogen and oxygen atoms in total. The molecule has 0 spiro atoms. The van der Waals surface area contributed by atoms with E-state index in [0.717, 1.165) is 33.5 Å². The molecule has 1 amide bonds. The average Bonchev–Trinajstić information content (AvgIpc) is 3.22. The van der Waals surface area contributed by atoms with Crippen LogP contribution in [0.25, 0.3) is 10.6 Å². The Balaban J connectivity index is 1.52. The third-order valence-electron chi connectivity index (χ3n) is 4.17. The number of aromatic nitrogens is 1. The zero-order chi connectivity index (χ0) is 20.6. The summed E-state index contributed by atoms with van der Waals surface area (Å²) in [6.07, 6.45) is 0. The van der Waals surface area contributed by atoms with Crippen LogP contribution in [0.4, 0.5) is 5.69 Å². The summed E-state index contributed by atoms with van der Waals surface area (Å²) in [6, 6.07) is 15.3. The molecule has 1 unspecified atom stereocenters. The lowest BCUT2D eigenvalue weighted by Crippen LogP contribution is -2.22. The zero-order valence-corrected chi connectivity index (χ0v) is 18.3. The Morgan fingerprint density at radius 2 is 1.83 bits per heavy atom. The molecule has 0 aliphatic rings. The fraction of sp³-hybridized carbons (Fsp3) is 0.273. The number of thioether (sulfide) groups is 1. The van der Waals surface area contributed by atoms with Crippen molar-refractivity contribution in [3.05, 3.63) is 59.6 Å². The summed E-state index contributed by atoms with van der Waals surface area (Å²) in [5.74, 6) is 2.28. The third kappa shape index (κ3) is 5.98. The van der Waals surface area contributed by atoms with Gasteiger partial charge in [-0.25, -0.2) is 4.98 Å². The van der Waals surface area contributed by atoms with Crippen molar-refractivity contribution in [2.75, 3.05) is 19.0 Å². The summed E-state index contributed by atoms with van der Waals surface area (Å²) < 4.78 is 10.6. The van der Waals surface area contributed by atoms with Crippen LogP contribution in [-0.4, -0.2) is 29.9 Å². The van der Waals surface area contributed by atoms with Crippen molar-refractivity contribution in [1.29, 1.82) is 0 Å². The molecule has 152 valence electrons. The van der Waals surface area contributed by atoms with Crippen molar-refractivity contribution < 1.29 is 14.3 Å². The second-order valence-corrected chi connectivity index (χ2v) is 8.46. The Hall–Kier alpha value is -2.51. The van der Waals surface area contributed by atoms with E-state index in [9.17, 15) is 4.79 Å². The van der Waals surface area contributed by atoms with Gasteiger partial charge in [-0.2, -0.15) is 0 Å². The molecule has 0 aliphatic heterocycles. The minimum Gasteiger partial charge on any atom is -0.497 e. The molecule has 2 aromatic carbocycles. The lowest BCUT2D eigenvalue weighted by atomic mass is 10.2. The molecular weight excluding hydrogens is 404 g/mol. The first-order valence-corrected chi connectivity index (χ1v) is 11.3. The Morgan fingerprint density at radius 1 is 1.14 bits per heavy atom. The van der Waals surface area contributed by atoms with Gasteiger partial charge >= 0.3 is 0 Å². The number of thiazole rings is 1. The minimum atomic E-state index is -0.187. The number of carbonyl (C=O) groups excluding carboxylic acids is 1. The van der Waals surface area contributed by atoms with Crippen molar-refractivity contribution in [3.63, 3.8) is 0 Å². The van der Waals surface area contributed by atoms with Crippen molar-refractivity contribution >= 4 is 34.7 Å². The molecule has 0 saturated carbocycles. The van der Waals surface area contributed by atoms with Gasteiger partial charge in [0.1, 0.15) is 16.5 Å². The van der Waals surface area contributed by atoms with Gasteiger partial charge in [0, 0.05) is 22.4 Å². The minimum absolute atomic E-state index is 0.0258. The lowest BCUT2D eigenvalue weighted by molar-refractivity contribution is -0.115. The fourth-order valence-electron chi connectivity index (χ4n) is 2.57. The number of ether oxygens (including phenoxy) is 2.